The van der Waals surface area contributed by atoms with Crippen molar-refractivity contribution in [3.8, 4) is 0 Å². The van der Waals surface area contributed by atoms with E-state index in [1.807, 2.05) is 20.8 Å². The number of rotatable bonds is 4. The van der Waals surface area contributed by atoms with Gasteiger partial charge in [-0.3, -0.25) is 4.79 Å². The van der Waals surface area contributed by atoms with E-state index in [0.29, 0.717) is 5.56 Å². The Labute approximate surface area is 102 Å². The summed E-state index contributed by atoms with van der Waals surface area (Å²) in [5.41, 5.74) is 0.267. The number of carbonyl (C=O) groups excluding carboxylic acids is 2. The highest BCUT2D eigenvalue weighted by atomic mass is 16.6. The minimum atomic E-state index is -0.581. The second kappa shape index (κ2) is 5.62. The predicted molar refractivity (Wildman–Crippen MR) is 65.6 cm³/mol. The minimum Gasteiger partial charge on any atom is -0.389 e. The van der Waals surface area contributed by atoms with Crippen LogP contribution in [0.1, 0.15) is 44.0 Å². The number of hydrogen-bond donors (Lipinski definition) is 0. The van der Waals surface area contributed by atoms with Crippen molar-refractivity contribution in [2.75, 3.05) is 0 Å². The molecule has 92 valence electrons. The average Bonchev–Trinajstić information content (AvgIpc) is 2.29. The van der Waals surface area contributed by atoms with E-state index in [1.54, 1.807) is 30.3 Å². The van der Waals surface area contributed by atoms with Crippen molar-refractivity contribution >= 4 is 11.9 Å². The monoisotopic (exact) mass is 234 g/mol. The fourth-order valence-electron chi connectivity index (χ4n) is 1.29. The summed E-state index contributed by atoms with van der Waals surface area (Å²) in [6.07, 6.45) is 1.11. The number of carbonyl (C=O) groups is 2. The van der Waals surface area contributed by atoms with Gasteiger partial charge >= 0.3 is 11.9 Å². The van der Waals surface area contributed by atoms with Crippen molar-refractivity contribution < 1.29 is 14.3 Å². The van der Waals surface area contributed by atoms with Crippen molar-refractivity contribution in [1.82, 2.24) is 0 Å². The maximum Gasteiger partial charge on any atom is 0.345 e. The lowest BCUT2D eigenvalue weighted by Crippen LogP contribution is -2.20. The summed E-state index contributed by atoms with van der Waals surface area (Å²) in [4.78, 5) is 23.1. The van der Waals surface area contributed by atoms with E-state index in [-0.39, 0.29) is 11.8 Å². The first-order valence-electron chi connectivity index (χ1n) is 5.74. The molecule has 0 fully saturated rings. The lowest BCUT2D eigenvalue weighted by Gasteiger charge is -2.20. The van der Waals surface area contributed by atoms with Gasteiger partial charge in [-0.05, 0) is 17.5 Å². The van der Waals surface area contributed by atoms with Gasteiger partial charge in [0.1, 0.15) is 0 Å². The maximum atomic E-state index is 11.6. The third-order valence-electron chi connectivity index (χ3n) is 2.80. The van der Waals surface area contributed by atoms with Crippen LogP contribution in [-0.4, -0.2) is 11.9 Å². The SMILES string of the molecule is CCC(C)(C)CC(=O)OC(=O)c1ccccc1. The van der Waals surface area contributed by atoms with Crippen LogP contribution in [-0.2, 0) is 9.53 Å². The Morgan fingerprint density at radius 3 is 2.29 bits per heavy atom. The van der Waals surface area contributed by atoms with Crippen molar-refractivity contribution in [1.29, 1.82) is 0 Å². The highest BCUT2D eigenvalue weighted by molar-refractivity contribution is 5.96. The van der Waals surface area contributed by atoms with E-state index in [0.717, 1.165) is 6.42 Å². The topological polar surface area (TPSA) is 43.4 Å². The molecule has 0 saturated heterocycles. The second-order valence-corrected chi connectivity index (χ2v) is 4.82. The molecule has 0 aliphatic heterocycles. The molecule has 0 saturated carbocycles. The van der Waals surface area contributed by atoms with Crippen LogP contribution in [0, 0.1) is 5.41 Å². The zero-order valence-electron chi connectivity index (χ0n) is 10.5. The van der Waals surface area contributed by atoms with Gasteiger partial charge in [0.05, 0.1) is 12.0 Å². The van der Waals surface area contributed by atoms with Gasteiger partial charge < -0.3 is 4.74 Å². The molecule has 0 N–H and O–H groups in total. The van der Waals surface area contributed by atoms with Gasteiger partial charge in [-0.1, -0.05) is 45.4 Å². The summed E-state index contributed by atoms with van der Waals surface area (Å²) in [6, 6.07) is 8.52. The molecule has 17 heavy (non-hydrogen) atoms. The van der Waals surface area contributed by atoms with E-state index in [1.165, 1.54) is 0 Å². The molecule has 3 nitrogen and oxygen atoms in total. The molecule has 0 heterocycles. The third kappa shape index (κ3) is 4.39. The number of hydrogen-bond acceptors (Lipinski definition) is 3. The lowest BCUT2D eigenvalue weighted by atomic mass is 9.87. The molecule has 0 amide bonds. The van der Waals surface area contributed by atoms with Crippen molar-refractivity contribution in [3.63, 3.8) is 0 Å². The third-order valence-corrected chi connectivity index (χ3v) is 2.80. The first kappa shape index (κ1) is 13.4. The van der Waals surface area contributed by atoms with Crippen LogP contribution in [0.25, 0.3) is 0 Å². The molecular formula is C14H18O3. The van der Waals surface area contributed by atoms with Gasteiger partial charge in [-0.15, -0.1) is 0 Å². The predicted octanol–water partition coefficient (Wildman–Crippen LogP) is 3.20. The fourth-order valence-corrected chi connectivity index (χ4v) is 1.29. The van der Waals surface area contributed by atoms with Crippen LogP contribution in [0.5, 0.6) is 0 Å². The Balaban J connectivity index is 2.56. The minimum absolute atomic E-state index is 0.131. The summed E-state index contributed by atoms with van der Waals surface area (Å²) >= 11 is 0. The average molecular weight is 234 g/mol. The summed E-state index contributed by atoms with van der Waals surface area (Å²) in [6.45, 7) is 5.95. The Morgan fingerprint density at radius 1 is 1.18 bits per heavy atom. The zero-order chi connectivity index (χ0) is 12.9. The van der Waals surface area contributed by atoms with Gasteiger partial charge in [0, 0.05) is 0 Å². The Bertz CT molecular complexity index is 393. The standard InChI is InChI=1S/C14H18O3/c1-4-14(2,3)10-12(15)17-13(16)11-8-6-5-7-9-11/h5-9H,4,10H2,1-3H3. The molecule has 1 aromatic rings. The van der Waals surface area contributed by atoms with Crippen LogP contribution >= 0.6 is 0 Å². The summed E-state index contributed by atoms with van der Waals surface area (Å²) in [5, 5.41) is 0. The van der Waals surface area contributed by atoms with Gasteiger partial charge in [0.25, 0.3) is 0 Å². The van der Waals surface area contributed by atoms with Gasteiger partial charge in [-0.2, -0.15) is 0 Å². The molecule has 0 aliphatic rings. The van der Waals surface area contributed by atoms with Gasteiger partial charge in [-0.25, -0.2) is 4.79 Å². The molecular weight excluding hydrogens is 216 g/mol. The Morgan fingerprint density at radius 2 is 1.76 bits per heavy atom. The van der Waals surface area contributed by atoms with Crippen molar-refractivity contribution in [2.45, 2.75) is 33.6 Å². The van der Waals surface area contributed by atoms with E-state index < -0.39 is 11.9 Å². The number of ether oxygens (including phenoxy) is 1. The molecule has 0 spiro atoms. The van der Waals surface area contributed by atoms with Crippen LogP contribution in [0.2, 0.25) is 0 Å². The highest BCUT2D eigenvalue weighted by Gasteiger charge is 2.22. The molecule has 0 aliphatic carbocycles. The first-order valence-corrected chi connectivity index (χ1v) is 5.74. The zero-order valence-corrected chi connectivity index (χ0v) is 10.5. The maximum absolute atomic E-state index is 11.6. The van der Waals surface area contributed by atoms with Crippen LogP contribution in [0.3, 0.4) is 0 Å². The molecule has 1 rings (SSSR count). The molecule has 0 unspecified atom stereocenters. The molecule has 0 aromatic heterocycles. The number of benzene rings is 1. The number of esters is 2. The Hall–Kier alpha value is -1.64. The molecule has 1 aromatic carbocycles. The van der Waals surface area contributed by atoms with Gasteiger partial charge in [0.2, 0.25) is 0 Å². The van der Waals surface area contributed by atoms with Gasteiger partial charge in [0.15, 0.2) is 0 Å². The second-order valence-electron chi connectivity index (χ2n) is 4.82. The van der Waals surface area contributed by atoms with Crippen molar-refractivity contribution in [3.05, 3.63) is 35.9 Å². The Kier molecular flexibility index (Phi) is 4.44. The summed E-state index contributed by atoms with van der Waals surface area (Å²) in [5.74, 6) is -1.05. The molecule has 3 heteroatoms. The van der Waals surface area contributed by atoms with E-state index in [2.05, 4.69) is 0 Å². The van der Waals surface area contributed by atoms with Crippen LogP contribution < -0.4 is 0 Å². The van der Waals surface area contributed by atoms with E-state index in [4.69, 9.17) is 4.74 Å². The smallest absolute Gasteiger partial charge is 0.345 e. The normalized spacial score (nSPS) is 11.0. The highest BCUT2D eigenvalue weighted by Crippen LogP contribution is 2.24. The molecule has 0 radical (unpaired) electrons. The largest absolute Gasteiger partial charge is 0.389 e. The summed E-state index contributed by atoms with van der Waals surface area (Å²) < 4.78 is 4.80. The van der Waals surface area contributed by atoms with Crippen LogP contribution in [0.4, 0.5) is 0 Å². The first-order chi connectivity index (χ1) is 7.94. The fraction of sp³-hybridized carbons (Fsp3) is 0.429. The lowest BCUT2D eigenvalue weighted by molar-refractivity contribution is -0.140. The molecule has 0 atom stereocenters. The molecule has 0 bridgehead atoms. The van der Waals surface area contributed by atoms with E-state index in [9.17, 15) is 9.59 Å². The van der Waals surface area contributed by atoms with E-state index >= 15 is 0 Å². The van der Waals surface area contributed by atoms with Crippen LogP contribution in [0.15, 0.2) is 30.3 Å². The quantitative estimate of drug-likeness (QED) is 0.593. The van der Waals surface area contributed by atoms with Crippen molar-refractivity contribution in [2.24, 2.45) is 5.41 Å². The summed E-state index contributed by atoms with van der Waals surface area (Å²) in [7, 11) is 0.